The summed E-state index contributed by atoms with van der Waals surface area (Å²) >= 11 is 0. The fourth-order valence-corrected chi connectivity index (χ4v) is 4.08. The summed E-state index contributed by atoms with van der Waals surface area (Å²) in [6, 6.07) is 13.4. The van der Waals surface area contributed by atoms with E-state index in [1.807, 2.05) is 38.1 Å². The van der Waals surface area contributed by atoms with Crippen LogP contribution in [0.3, 0.4) is 0 Å². The van der Waals surface area contributed by atoms with Gasteiger partial charge in [0, 0.05) is 23.5 Å². The van der Waals surface area contributed by atoms with Crippen molar-refractivity contribution in [1.82, 2.24) is 19.2 Å². The molecule has 0 radical (unpaired) electrons. The quantitative estimate of drug-likeness (QED) is 0.334. The number of aromatic nitrogens is 4. The van der Waals surface area contributed by atoms with Gasteiger partial charge in [-0.25, -0.2) is 9.50 Å². The Morgan fingerprint density at radius 2 is 1.58 bits per heavy atom. The average Bonchev–Trinajstić information content (AvgIpc) is 3.49. The number of benzene rings is 2. The molecular weight excluding hydrogens is 460 g/mol. The first-order valence-corrected chi connectivity index (χ1v) is 11.3. The summed E-state index contributed by atoms with van der Waals surface area (Å²) in [5, 5.41) is 4.56. The minimum Gasteiger partial charge on any atom is -0.493 e. The van der Waals surface area contributed by atoms with Crippen LogP contribution in [-0.4, -0.2) is 40.5 Å². The van der Waals surface area contributed by atoms with Crippen molar-refractivity contribution in [2.45, 2.75) is 20.4 Å². The zero-order valence-electron chi connectivity index (χ0n) is 20.7. The van der Waals surface area contributed by atoms with Gasteiger partial charge in [-0.15, -0.1) is 0 Å². The number of hydrogen-bond acceptors (Lipinski definition) is 7. The molecule has 0 saturated heterocycles. The van der Waals surface area contributed by atoms with Gasteiger partial charge in [-0.05, 0) is 32.0 Å². The Hall–Kier alpha value is -4.53. The zero-order chi connectivity index (χ0) is 25.4. The second-order valence-electron chi connectivity index (χ2n) is 8.39. The highest BCUT2D eigenvalue weighted by atomic mass is 16.5. The molecule has 3 aromatic heterocycles. The van der Waals surface area contributed by atoms with Gasteiger partial charge in [-0.2, -0.15) is 5.10 Å². The van der Waals surface area contributed by atoms with Crippen molar-refractivity contribution in [2.24, 2.45) is 0 Å². The van der Waals surface area contributed by atoms with Gasteiger partial charge in [-0.1, -0.05) is 29.8 Å². The maximum Gasteiger partial charge on any atom is 0.276 e. The van der Waals surface area contributed by atoms with E-state index in [-0.39, 0.29) is 12.1 Å². The van der Waals surface area contributed by atoms with Gasteiger partial charge in [0.15, 0.2) is 11.5 Å². The number of fused-ring (bicyclic) bond motifs is 1. The van der Waals surface area contributed by atoms with Crippen LogP contribution in [0.1, 0.15) is 17.0 Å². The first-order valence-electron chi connectivity index (χ1n) is 11.3. The molecule has 36 heavy (non-hydrogen) atoms. The van der Waals surface area contributed by atoms with Gasteiger partial charge >= 0.3 is 0 Å². The van der Waals surface area contributed by atoms with Crippen molar-refractivity contribution in [1.29, 1.82) is 0 Å². The van der Waals surface area contributed by atoms with Crippen molar-refractivity contribution in [3.63, 3.8) is 0 Å². The van der Waals surface area contributed by atoms with Crippen molar-refractivity contribution < 1.29 is 18.6 Å². The van der Waals surface area contributed by atoms with Crippen molar-refractivity contribution in [3.05, 3.63) is 82.2 Å². The van der Waals surface area contributed by atoms with Crippen LogP contribution in [0, 0.1) is 13.8 Å². The van der Waals surface area contributed by atoms with Crippen LogP contribution in [0.25, 0.3) is 28.2 Å². The molecule has 0 unspecified atom stereocenters. The van der Waals surface area contributed by atoms with Gasteiger partial charge < -0.3 is 23.2 Å². The van der Waals surface area contributed by atoms with E-state index in [1.54, 1.807) is 61.0 Å². The molecule has 0 bridgehead atoms. The summed E-state index contributed by atoms with van der Waals surface area (Å²) in [6.07, 6.45) is 3.47. The van der Waals surface area contributed by atoms with Gasteiger partial charge in [0.1, 0.15) is 17.0 Å². The molecule has 0 amide bonds. The molecule has 0 aliphatic heterocycles. The maximum atomic E-state index is 13.3. The fourth-order valence-electron chi connectivity index (χ4n) is 4.08. The third kappa shape index (κ3) is 4.08. The average molecular weight is 487 g/mol. The minimum atomic E-state index is -0.167. The number of nitrogens with zero attached hydrogens (tertiary/aromatic N) is 4. The molecule has 9 heteroatoms. The monoisotopic (exact) mass is 486 g/mol. The lowest BCUT2D eigenvalue weighted by molar-refractivity contribution is 0.324. The summed E-state index contributed by atoms with van der Waals surface area (Å²) in [5.74, 6) is 2.48. The first-order chi connectivity index (χ1) is 17.4. The number of rotatable bonds is 7. The van der Waals surface area contributed by atoms with Crippen LogP contribution in [0.2, 0.25) is 0 Å². The zero-order valence-corrected chi connectivity index (χ0v) is 20.7. The molecular formula is C27H26N4O5. The number of aryl methyl sites for hydroxylation is 2. The predicted molar refractivity (Wildman–Crippen MR) is 135 cm³/mol. The molecule has 3 heterocycles. The Morgan fingerprint density at radius 3 is 2.22 bits per heavy atom. The Kier molecular flexibility index (Phi) is 5.97. The predicted octanol–water partition coefficient (Wildman–Crippen LogP) is 4.51. The van der Waals surface area contributed by atoms with Crippen molar-refractivity contribution in [3.8, 4) is 40.0 Å². The third-order valence-corrected chi connectivity index (χ3v) is 6.08. The highest BCUT2D eigenvalue weighted by Crippen LogP contribution is 2.41. The summed E-state index contributed by atoms with van der Waals surface area (Å²) in [7, 11) is 4.65. The first kappa shape index (κ1) is 23.2. The highest BCUT2D eigenvalue weighted by molar-refractivity contribution is 5.67. The second-order valence-corrected chi connectivity index (χ2v) is 8.39. The lowest BCUT2D eigenvalue weighted by atomic mass is 10.1. The van der Waals surface area contributed by atoms with Crippen LogP contribution >= 0.6 is 0 Å². The summed E-state index contributed by atoms with van der Waals surface area (Å²) in [4.78, 5) is 17.9. The highest BCUT2D eigenvalue weighted by Gasteiger charge is 2.19. The molecule has 0 fully saturated rings. The van der Waals surface area contributed by atoms with Crippen LogP contribution in [0.15, 0.2) is 64.1 Å². The Balaban J connectivity index is 1.48. The van der Waals surface area contributed by atoms with Gasteiger partial charge in [-0.3, -0.25) is 4.79 Å². The lowest BCUT2D eigenvalue weighted by Crippen LogP contribution is -2.22. The fraction of sp³-hybridized carbons (Fsp3) is 0.222. The van der Waals surface area contributed by atoms with E-state index in [4.69, 9.17) is 18.6 Å². The molecule has 2 aromatic carbocycles. The van der Waals surface area contributed by atoms with Crippen molar-refractivity contribution in [2.75, 3.05) is 21.3 Å². The molecule has 0 N–H and O–H groups in total. The molecule has 0 saturated carbocycles. The number of methoxy groups -OCH3 is 3. The van der Waals surface area contributed by atoms with E-state index in [1.165, 1.54) is 5.56 Å². The second kappa shape index (κ2) is 9.26. The van der Waals surface area contributed by atoms with Crippen LogP contribution in [-0.2, 0) is 6.54 Å². The van der Waals surface area contributed by atoms with E-state index in [2.05, 4.69) is 10.1 Å². The Bertz CT molecular complexity index is 1590. The summed E-state index contributed by atoms with van der Waals surface area (Å²) in [5.41, 5.74) is 4.49. The largest absolute Gasteiger partial charge is 0.493 e. The Labute approximate surface area is 207 Å². The molecule has 184 valence electrons. The molecule has 0 aliphatic carbocycles. The number of ether oxygens (including phenoxy) is 3. The SMILES string of the molecule is COc1cc(-c2nc(Cn3ccn4nc(-c5ccc(C)cc5)cc4c3=O)c(C)o2)cc(OC)c1OC. The molecule has 0 aliphatic rings. The van der Waals surface area contributed by atoms with Gasteiger partial charge in [0.2, 0.25) is 11.6 Å². The number of hydrogen-bond donors (Lipinski definition) is 0. The normalized spacial score (nSPS) is 11.1. The van der Waals surface area contributed by atoms with Crippen LogP contribution in [0.5, 0.6) is 17.2 Å². The standard InChI is InChI=1S/C27H26N4O5/c1-16-6-8-18(9-7-16)20-14-22-27(32)30(10-11-31(22)29-20)15-21-17(2)36-26(28-21)19-12-23(33-3)25(35-5)24(13-19)34-4/h6-14H,15H2,1-5H3. The van der Waals surface area contributed by atoms with Crippen LogP contribution in [0.4, 0.5) is 0 Å². The third-order valence-electron chi connectivity index (χ3n) is 6.08. The molecule has 9 nitrogen and oxygen atoms in total. The van der Waals surface area contributed by atoms with E-state index in [0.717, 1.165) is 11.3 Å². The molecule has 0 atom stereocenters. The summed E-state index contributed by atoms with van der Waals surface area (Å²) in [6.45, 7) is 4.10. The molecule has 5 rings (SSSR count). The van der Waals surface area contributed by atoms with Crippen molar-refractivity contribution >= 4 is 5.52 Å². The van der Waals surface area contributed by atoms with E-state index in [0.29, 0.717) is 45.7 Å². The van der Waals surface area contributed by atoms with Gasteiger partial charge in [0.25, 0.3) is 5.56 Å². The number of oxazole rings is 1. The van der Waals surface area contributed by atoms with E-state index < -0.39 is 0 Å². The van der Waals surface area contributed by atoms with E-state index in [9.17, 15) is 4.79 Å². The van der Waals surface area contributed by atoms with Crippen LogP contribution < -0.4 is 19.8 Å². The summed E-state index contributed by atoms with van der Waals surface area (Å²) < 4.78 is 25.4. The molecule has 5 aromatic rings. The molecule has 0 spiro atoms. The minimum absolute atomic E-state index is 0.167. The smallest absolute Gasteiger partial charge is 0.276 e. The lowest BCUT2D eigenvalue weighted by Gasteiger charge is -2.12. The van der Waals surface area contributed by atoms with E-state index >= 15 is 0 Å². The van der Waals surface area contributed by atoms with Gasteiger partial charge in [0.05, 0.1) is 33.6 Å². The topological polar surface area (TPSA) is 93.0 Å². The Morgan fingerprint density at radius 1 is 0.889 bits per heavy atom. The maximum absolute atomic E-state index is 13.3.